The van der Waals surface area contributed by atoms with Crippen LogP contribution in [0.4, 0.5) is 17.3 Å². The molecule has 4 heteroatoms. The molecule has 0 amide bonds. The van der Waals surface area contributed by atoms with E-state index in [-0.39, 0.29) is 5.54 Å². The predicted octanol–water partition coefficient (Wildman–Crippen LogP) is 4.05. The van der Waals surface area contributed by atoms with Gasteiger partial charge in [-0.05, 0) is 51.8 Å². The Morgan fingerprint density at radius 3 is 2.35 bits per heavy atom. The molecule has 0 saturated carbocycles. The molecule has 1 aromatic carbocycles. The molecule has 0 fully saturated rings. The Kier molecular flexibility index (Phi) is 3.93. The van der Waals surface area contributed by atoms with E-state index in [1.54, 1.807) is 6.33 Å². The summed E-state index contributed by atoms with van der Waals surface area (Å²) in [6, 6.07) is 8.25. The third-order valence-electron chi connectivity index (χ3n) is 2.83. The van der Waals surface area contributed by atoms with Crippen LogP contribution in [-0.2, 0) is 0 Å². The number of anilines is 3. The molecule has 1 heterocycles. The average molecular weight is 270 g/mol. The number of nitrogens with zero attached hydrogens (tertiary/aromatic N) is 2. The van der Waals surface area contributed by atoms with Gasteiger partial charge in [0.2, 0.25) is 0 Å². The van der Waals surface area contributed by atoms with E-state index >= 15 is 0 Å². The van der Waals surface area contributed by atoms with Crippen LogP contribution in [0.2, 0.25) is 0 Å². The second kappa shape index (κ2) is 5.49. The zero-order valence-corrected chi connectivity index (χ0v) is 12.8. The van der Waals surface area contributed by atoms with Crippen molar-refractivity contribution in [2.45, 2.75) is 40.2 Å². The Morgan fingerprint density at radius 2 is 1.65 bits per heavy atom. The van der Waals surface area contributed by atoms with E-state index in [9.17, 15) is 0 Å². The van der Waals surface area contributed by atoms with Crippen molar-refractivity contribution in [3.8, 4) is 0 Å². The first-order valence-corrected chi connectivity index (χ1v) is 6.78. The van der Waals surface area contributed by atoms with Gasteiger partial charge in [0.05, 0.1) is 0 Å². The molecule has 0 aliphatic heterocycles. The highest BCUT2D eigenvalue weighted by Crippen LogP contribution is 2.22. The van der Waals surface area contributed by atoms with Crippen molar-refractivity contribution in [3.05, 3.63) is 41.7 Å². The molecule has 0 aliphatic carbocycles. The maximum Gasteiger partial charge on any atom is 0.135 e. The van der Waals surface area contributed by atoms with Gasteiger partial charge >= 0.3 is 0 Å². The number of aryl methyl sites for hydroxylation is 2. The molecule has 1 aromatic heterocycles. The minimum atomic E-state index is -0.0229. The van der Waals surface area contributed by atoms with Crippen LogP contribution in [0.3, 0.4) is 0 Å². The molecule has 20 heavy (non-hydrogen) atoms. The minimum absolute atomic E-state index is 0.0229. The fourth-order valence-electron chi connectivity index (χ4n) is 1.89. The van der Waals surface area contributed by atoms with Gasteiger partial charge in [-0.1, -0.05) is 12.1 Å². The molecular weight excluding hydrogens is 248 g/mol. The third kappa shape index (κ3) is 3.95. The highest BCUT2D eigenvalue weighted by atomic mass is 15.1. The van der Waals surface area contributed by atoms with Crippen molar-refractivity contribution in [1.29, 1.82) is 0 Å². The lowest BCUT2D eigenvalue weighted by molar-refractivity contribution is 0.630. The summed E-state index contributed by atoms with van der Waals surface area (Å²) in [5.74, 6) is 1.61. The highest BCUT2D eigenvalue weighted by molar-refractivity contribution is 5.63. The molecule has 2 N–H and O–H groups in total. The second-order valence-corrected chi connectivity index (χ2v) is 6.11. The SMILES string of the molecule is Cc1ccc(C)c(Nc2cc(NC(C)(C)C)ncn2)c1. The molecule has 0 saturated heterocycles. The number of hydrogen-bond acceptors (Lipinski definition) is 4. The molecule has 0 unspecified atom stereocenters. The fraction of sp³-hybridized carbons (Fsp3) is 0.375. The zero-order chi connectivity index (χ0) is 14.8. The molecule has 0 spiro atoms. The quantitative estimate of drug-likeness (QED) is 0.883. The molecule has 0 bridgehead atoms. The van der Waals surface area contributed by atoms with Crippen LogP contribution < -0.4 is 10.6 Å². The van der Waals surface area contributed by atoms with E-state index in [1.165, 1.54) is 11.1 Å². The van der Waals surface area contributed by atoms with Gasteiger partial charge in [-0.3, -0.25) is 0 Å². The Balaban J connectivity index is 2.21. The van der Waals surface area contributed by atoms with Crippen molar-refractivity contribution in [3.63, 3.8) is 0 Å². The minimum Gasteiger partial charge on any atom is -0.365 e. The molecule has 2 aromatic rings. The van der Waals surface area contributed by atoms with Gasteiger partial charge in [0.15, 0.2) is 0 Å². The van der Waals surface area contributed by atoms with Crippen LogP contribution in [0.5, 0.6) is 0 Å². The first kappa shape index (κ1) is 14.3. The van der Waals surface area contributed by atoms with Gasteiger partial charge in [0.25, 0.3) is 0 Å². The average Bonchev–Trinajstić information content (AvgIpc) is 2.32. The molecule has 4 nitrogen and oxygen atoms in total. The molecule has 106 valence electrons. The predicted molar refractivity (Wildman–Crippen MR) is 84.6 cm³/mol. The van der Waals surface area contributed by atoms with E-state index < -0.39 is 0 Å². The van der Waals surface area contributed by atoms with Crippen LogP contribution in [0.1, 0.15) is 31.9 Å². The van der Waals surface area contributed by atoms with E-state index in [0.717, 1.165) is 17.3 Å². The topological polar surface area (TPSA) is 49.8 Å². The van der Waals surface area contributed by atoms with Gasteiger partial charge in [-0.25, -0.2) is 9.97 Å². The van der Waals surface area contributed by atoms with E-state index in [2.05, 4.69) is 73.4 Å². The lowest BCUT2D eigenvalue weighted by Crippen LogP contribution is -2.26. The van der Waals surface area contributed by atoms with Gasteiger partial charge < -0.3 is 10.6 Å². The van der Waals surface area contributed by atoms with Crippen LogP contribution >= 0.6 is 0 Å². The standard InChI is InChI=1S/C16H22N4/c1-11-6-7-12(2)13(8-11)19-14-9-15(18-10-17-14)20-16(3,4)5/h6-10H,1-5H3,(H2,17,18,19,20). The van der Waals surface area contributed by atoms with Gasteiger partial charge in [-0.2, -0.15) is 0 Å². The Labute approximate surface area is 120 Å². The normalized spacial score (nSPS) is 11.2. The zero-order valence-electron chi connectivity index (χ0n) is 12.8. The van der Waals surface area contributed by atoms with Gasteiger partial charge in [0.1, 0.15) is 18.0 Å². The Hall–Kier alpha value is -2.10. The number of rotatable bonds is 3. The Bertz CT molecular complexity index is 600. The summed E-state index contributed by atoms with van der Waals surface area (Å²) in [4.78, 5) is 8.52. The van der Waals surface area contributed by atoms with Gasteiger partial charge in [0, 0.05) is 17.3 Å². The Morgan fingerprint density at radius 1 is 0.950 bits per heavy atom. The molecule has 0 atom stereocenters. The molecule has 0 aliphatic rings. The maximum absolute atomic E-state index is 4.27. The molecule has 0 radical (unpaired) electrons. The fourth-order valence-corrected chi connectivity index (χ4v) is 1.89. The van der Waals surface area contributed by atoms with Crippen LogP contribution in [-0.4, -0.2) is 15.5 Å². The van der Waals surface area contributed by atoms with Crippen molar-refractivity contribution in [1.82, 2.24) is 9.97 Å². The van der Waals surface area contributed by atoms with Crippen molar-refractivity contribution < 1.29 is 0 Å². The number of nitrogens with one attached hydrogen (secondary N) is 2. The largest absolute Gasteiger partial charge is 0.365 e. The molecule has 2 rings (SSSR count). The number of hydrogen-bond donors (Lipinski definition) is 2. The maximum atomic E-state index is 4.27. The van der Waals surface area contributed by atoms with E-state index in [0.29, 0.717) is 0 Å². The summed E-state index contributed by atoms with van der Waals surface area (Å²) in [7, 11) is 0. The monoisotopic (exact) mass is 270 g/mol. The second-order valence-electron chi connectivity index (χ2n) is 6.11. The summed E-state index contributed by atoms with van der Waals surface area (Å²) in [6.45, 7) is 10.5. The smallest absolute Gasteiger partial charge is 0.135 e. The van der Waals surface area contributed by atoms with Crippen LogP contribution in [0.25, 0.3) is 0 Å². The van der Waals surface area contributed by atoms with Crippen molar-refractivity contribution >= 4 is 17.3 Å². The summed E-state index contributed by atoms with van der Waals surface area (Å²) in [5.41, 5.74) is 3.47. The lowest BCUT2D eigenvalue weighted by Gasteiger charge is -2.21. The van der Waals surface area contributed by atoms with Crippen LogP contribution in [0.15, 0.2) is 30.6 Å². The summed E-state index contributed by atoms with van der Waals surface area (Å²) in [5, 5.41) is 6.69. The third-order valence-corrected chi connectivity index (χ3v) is 2.83. The summed E-state index contributed by atoms with van der Waals surface area (Å²) in [6.07, 6.45) is 1.57. The molecular formula is C16H22N4. The van der Waals surface area contributed by atoms with Crippen molar-refractivity contribution in [2.24, 2.45) is 0 Å². The number of aromatic nitrogens is 2. The van der Waals surface area contributed by atoms with Crippen LogP contribution in [0, 0.1) is 13.8 Å². The van der Waals surface area contributed by atoms with Gasteiger partial charge in [-0.15, -0.1) is 0 Å². The highest BCUT2D eigenvalue weighted by Gasteiger charge is 2.10. The first-order chi connectivity index (χ1) is 9.33. The number of benzene rings is 1. The first-order valence-electron chi connectivity index (χ1n) is 6.78. The summed E-state index contributed by atoms with van der Waals surface area (Å²) < 4.78 is 0. The van der Waals surface area contributed by atoms with E-state index in [1.807, 2.05) is 6.07 Å². The summed E-state index contributed by atoms with van der Waals surface area (Å²) >= 11 is 0. The van der Waals surface area contributed by atoms with E-state index in [4.69, 9.17) is 0 Å². The lowest BCUT2D eigenvalue weighted by atomic mass is 10.1. The van der Waals surface area contributed by atoms with Crippen molar-refractivity contribution in [2.75, 3.05) is 10.6 Å².